The second-order valence-corrected chi connectivity index (χ2v) is 29.0. The second-order valence-electron chi connectivity index (χ2n) is 29.0. The molecule has 0 aliphatic carbocycles. The summed E-state index contributed by atoms with van der Waals surface area (Å²) in [6, 6.07) is 111. The van der Waals surface area contributed by atoms with Crippen molar-refractivity contribution in [1.29, 1.82) is 0 Å². The monoisotopic (exact) mass is 1240 g/mol. The first-order valence-electron chi connectivity index (χ1n) is 34.3. The minimum Gasteiger partial charge on any atom is -0.458 e. The molecule has 0 radical (unpaired) electrons. The predicted octanol–water partition coefficient (Wildman–Crippen LogP) is 20.4. The molecule has 0 unspecified atom stereocenters. The Morgan fingerprint density at radius 3 is 1.31 bits per heavy atom. The Balaban J connectivity index is 0.924. The van der Waals surface area contributed by atoms with Crippen LogP contribution in [0.25, 0.3) is 86.9 Å². The minimum absolute atomic E-state index is 0.162. The summed E-state index contributed by atoms with van der Waals surface area (Å²) in [7, 11) is 0. The molecule has 16 aromatic rings. The van der Waals surface area contributed by atoms with Crippen LogP contribution in [0.4, 0.5) is 51.2 Å². The standard InChI is InChI=1S/C91H63B2N3O/c1-90(2,3)57-46-84-88-86(49-57)97-85-37-20-18-35-76(85)93(88)78-52-77-80(53-81(78)95(84)60-43-45-72-68-29-12-10-25-64(68)66-27-14-16-31-70(66)74(72)51-60)94(59-42-44-71-67-28-11-9-24-63(67)65-26-13-15-30-69(65)73(71)50-59)82-47-58-48-83-87(82)92(77)75-34-17-19-36-79(75)96(83)89-61(54-22-7-6-8-23-54)32-21-33-62(89)55-38-40-56(41-39-55)91(58,4)5/h6-53H,1-5H3. The molecule has 97 heavy (non-hydrogen) atoms. The van der Waals surface area contributed by atoms with Crippen molar-refractivity contribution < 1.29 is 4.74 Å². The molecule has 0 amide bonds. The fourth-order valence-electron chi connectivity index (χ4n) is 17.9. The van der Waals surface area contributed by atoms with E-state index in [0.717, 1.165) is 39.9 Å². The van der Waals surface area contributed by atoms with Gasteiger partial charge in [0.25, 0.3) is 13.4 Å². The molecule has 454 valence electrons. The van der Waals surface area contributed by atoms with Gasteiger partial charge in [0.1, 0.15) is 11.5 Å². The first-order chi connectivity index (χ1) is 47.5. The van der Waals surface area contributed by atoms with Crippen LogP contribution in [0, 0.1) is 0 Å². The average molecular weight is 1240 g/mol. The van der Waals surface area contributed by atoms with E-state index in [4.69, 9.17) is 4.74 Å². The fraction of sp³-hybridized carbons (Fsp3) is 0.0769. The summed E-state index contributed by atoms with van der Waals surface area (Å²) < 4.78 is 7.31. The predicted molar refractivity (Wildman–Crippen MR) is 413 cm³/mol. The van der Waals surface area contributed by atoms with Crippen LogP contribution in [-0.4, -0.2) is 13.4 Å². The van der Waals surface area contributed by atoms with Crippen LogP contribution < -0.4 is 52.2 Å². The third-order valence-corrected chi connectivity index (χ3v) is 22.6. The second kappa shape index (κ2) is 19.8. The molecule has 4 bridgehead atoms. The van der Waals surface area contributed by atoms with E-state index in [1.165, 1.54) is 159 Å². The number of fused-ring (bicyclic) bond motifs is 22. The van der Waals surface area contributed by atoms with Gasteiger partial charge in [-0.05, 0) is 197 Å². The van der Waals surface area contributed by atoms with Crippen molar-refractivity contribution in [2.45, 2.75) is 45.4 Å². The van der Waals surface area contributed by atoms with Crippen LogP contribution in [0.5, 0.6) is 11.5 Å². The maximum atomic E-state index is 7.31. The van der Waals surface area contributed by atoms with Gasteiger partial charge in [-0.3, -0.25) is 0 Å². The number of para-hydroxylation sites is 3. The number of rotatable bonds is 3. The zero-order chi connectivity index (χ0) is 64.3. The van der Waals surface area contributed by atoms with Crippen molar-refractivity contribution in [2.75, 3.05) is 14.7 Å². The molecule has 0 fully saturated rings. The Kier molecular flexibility index (Phi) is 11.2. The summed E-state index contributed by atoms with van der Waals surface area (Å²) in [6.45, 7) is 11.5. The van der Waals surface area contributed by atoms with Gasteiger partial charge in [0.05, 0.1) is 5.69 Å². The Bertz CT molecular complexity index is 6100. The molecule has 16 aromatic carbocycles. The van der Waals surface area contributed by atoms with Gasteiger partial charge in [-0.1, -0.05) is 259 Å². The topological polar surface area (TPSA) is 19.0 Å². The average Bonchev–Trinajstić information content (AvgIpc) is 1.12. The largest absolute Gasteiger partial charge is 0.458 e. The summed E-state index contributed by atoms with van der Waals surface area (Å²) >= 11 is 0. The van der Waals surface area contributed by atoms with Gasteiger partial charge in [0, 0.05) is 62.0 Å². The van der Waals surface area contributed by atoms with Crippen LogP contribution in [0.1, 0.15) is 51.3 Å². The summed E-state index contributed by atoms with van der Waals surface area (Å²) in [5, 5.41) is 15.0. The molecular formula is C91H63B2N3O. The van der Waals surface area contributed by atoms with Gasteiger partial charge >= 0.3 is 0 Å². The van der Waals surface area contributed by atoms with Crippen molar-refractivity contribution in [2.24, 2.45) is 0 Å². The molecule has 0 atom stereocenters. The Labute approximate surface area is 565 Å². The van der Waals surface area contributed by atoms with E-state index >= 15 is 0 Å². The highest BCUT2D eigenvalue weighted by atomic mass is 16.5. The number of benzene rings is 16. The van der Waals surface area contributed by atoms with Crippen molar-refractivity contribution in [3.63, 3.8) is 0 Å². The molecule has 22 rings (SSSR count). The fourth-order valence-corrected chi connectivity index (χ4v) is 17.9. The lowest BCUT2D eigenvalue weighted by atomic mass is 9.30. The Morgan fingerprint density at radius 1 is 0.299 bits per heavy atom. The summed E-state index contributed by atoms with van der Waals surface area (Å²) in [6.07, 6.45) is 0. The number of ether oxygens (including phenoxy) is 1. The van der Waals surface area contributed by atoms with Crippen LogP contribution in [-0.2, 0) is 10.8 Å². The third-order valence-electron chi connectivity index (χ3n) is 22.6. The van der Waals surface area contributed by atoms with Gasteiger partial charge in [-0.2, -0.15) is 0 Å². The van der Waals surface area contributed by atoms with Gasteiger partial charge in [0.15, 0.2) is 0 Å². The van der Waals surface area contributed by atoms with E-state index in [1.807, 2.05) is 0 Å². The van der Waals surface area contributed by atoms with Gasteiger partial charge in [-0.15, -0.1) is 0 Å². The maximum Gasteiger partial charge on any atom is 0.256 e. The smallest absolute Gasteiger partial charge is 0.256 e. The van der Waals surface area contributed by atoms with E-state index in [2.05, 4.69) is 341 Å². The highest BCUT2D eigenvalue weighted by Gasteiger charge is 2.49. The molecule has 6 aliphatic heterocycles. The molecule has 4 nitrogen and oxygen atoms in total. The van der Waals surface area contributed by atoms with Gasteiger partial charge in [-0.25, -0.2) is 0 Å². The van der Waals surface area contributed by atoms with Crippen molar-refractivity contribution >= 4 is 162 Å². The van der Waals surface area contributed by atoms with Crippen LogP contribution >= 0.6 is 0 Å². The lowest BCUT2D eigenvalue weighted by Gasteiger charge is -2.47. The van der Waals surface area contributed by atoms with E-state index in [-0.39, 0.29) is 18.8 Å². The number of hydrogen-bond acceptors (Lipinski definition) is 4. The van der Waals surface area contributed by atoms with Crippen molar-refractivity contribution in [3.8, 4) is 33.8 Å². The molecule has 6 heteroatoms. The highest BCUT2D eigenvalue weighted by molar-refractivity contribution is 7.02. The Hall–Kier alpha value is -11.6. The minimum atomic E-state index is -0.424. The molecule has 0 aromatic heterocycles. The van der Waals surface area contributed by atoms with E-state index in [0.29, 0.717) is 0 Å². The molecule has 0 saturated heterocycles. The van der Waals surface area contributed by atoms with E-state index in [9.17, 15) is 0 Å². The molecule has 0 saturated carbocycles. The van der Waals surface area contributed by atoms with Gasteiger partial charge in [0.2, 0.25) is 0 Å². The quantitative estimate of drug-likeness (QED) is 0.130. The molecule has 0 spiro atoms. The molecule has 6 heterocycles. The number of anilines is 9. The first-order valence-corrected chi connectivity index (χ1v) is 34.3. The number of hydrogen-bond donors (Lipinski definition) is 0. The zero-order valence-corrected chi connectivity index (χ0v) is 54.6. The summed E-state index contributed by atoms with van der Waals surface area (Å²) in [5.41, 5.74) is 25.6. The first kappa shape index (κ1) is 54.8. The molecule has 0 N–H and O–H groups in total. The third kappa shape index (κ3) is 7.61. The maximum absolute atomic E-state index is 7.31. The molecular weight excluding hydrogens is 1170 g/mol. The lowest BCUT2D eigenvalue weighted by Crippen LogP contribution is -2.64. The number of nitrogens with zero attached hydrogens (tertiary/aromatic N) is 3. The van der Waals surface area contributed by atoms with Crippen LogP contribution in [0.15, 0.2) is 291 Å². The lowest BCUT2D eigenvalue weighted by molar-refractivity contribution is 0.483. The van der Waals surface area contributed by atoms with Gasteiger partial charge < -0.3 is 19.4 Å². The molecule has 6 aliphatic rings. The normalized spacial score (nSPS) is 14.3. The van der Waals surface area contributed by atoms with E-state index < -0.39 is 5.41 Å². The van der Waals surface area contributed by atoms with Crippen LogP contribution in [0.2, 0.25) is 0 Å². The SMILES string of the molecule is CC(C)(C)c1cc2c3c(c1)N(c1ccc4c5ccccc5c5ccccc5c4c1)c1cc4c(cc1B3c1ccccc1O2)B1c2ccccc2N2c3cc(cc(c31)N4c1ccc3c4ccccc4c4ccccc4c3c1)C(C)(C)c1ccc(cc1)-c1cccc(-c3ccccc3)c12. The summed E-state index contributed by atoms with van der Waals surface area (Å²) in [4.78, 5) is 7.98. The van der Waals surface area contributed by atoms with Crippen molar-refractivity contribution in [3.05, 3.63) is 308 Å². The van der Waals surface area contributed by atoms with Crippen LogP contribution in [0.3, 0.4) is 0 Å². The zero-order valence-electron chi connectivity index (χ0n) is 54.6. The highest BCUT2D eigenvalue weighted by Crippen LogP contribution is 2.55. The van der Waals surface area contributed by atoms with Crippen molar-refractivity contribution in [1.82, 2.24) is 0 Å². The Morgan fingerprint density at radius 2 is 0.753 bits per heavy atom. The summed E-state index contributed by atoms with van der Waals surface area (Å²) in [5.74, 6) is 1.81. The van der Waals surface area contributed by atoms with E-state index in [1.54, 1.807) is 0 Å².